The molecule has 2 aliphatic rings. The number of likely N-dealkylation sites (tertiary alicyclic amines) is 1. The number of aromatic nitrogens is 2. The first-order chi connectivity index (χ1) is 10.9. The molecule has 0 N–H and O–H groups in total. The van der Waals surface area contributed by atoms with Gasteiger partial charge in [-0.1, -0.05) is 19.3 Å². The van der Waals surface area contributed by atoms with Crippen molar-refractivity contribution >= 4 is 6.09 Å². The normalized spacial score (nSPS) is 20.2. The highest BCUT2D eigenvalue weighted by atomic mass is 16.6. The van der Waals surface area contributed by atoms with E-state index in [0.717, 1.165) is 5.69 Å². The van der Waals surface area contributed by atoms with Crippen molar-refractivity contribution in [3.8, 4) is 0 Å². The van der Waals surface area contributed by atoms with E-state index in [2.05, 4.69) is 9.97 Å². The van der Waals surface area contributed by atoms with Gasteiger partial charge in [0.15, 0.2) is 0 Å². The molecule has 0 radical (unpaired) electrons. The average Bonchev–Trinajstić information content (AvgIpc) is 2.45. The van der Waals surface area contributed by atoms with Gasteiger partial charge in [-0.15, -0.1) is 0 Å². The average molecular weight is 317 g/mol. The van der Waals surface area contributed by atoms with Crippen molar-refractivity contribution in [2.45, 2.75) is 70.3 Å². The molecule has 0 unspecified atom stereocenters. The molecular formula is C18H27N3O2. The van der Waals surface area contributed by atoms with Gasteiger partial charge in [-0.25, -0.2) is 4.79 Å². The molecule has 0 atom stereocenters. The summed E-state index contributed by atoms with van der Waals surface area (Å²) in [5.41, 5.74) is 1.82. The third kappa shape index (κ3) is 3.82. The van der Waals surface area contributed by atoms with Gasteiger partial charge in [-0.3, -0.25) is 9.97 Å². The van der Waals surface area contributed by atoms with Crippen LogP contribution in [0.2, 0.25) is 0 Å². The molecule has 1 aliphatic heterocycles. The number of ether oxygens (including phenoxy) is 1. The van der Waals surface area contributed by atoms with E-state index in [1.807, 2.05) is 20.8 Å². The van der Waals surface area contributed by atoms with Crippen LogP contribution in [-0.2, 0) is 4.74 Å². The molecule has 5 nitrogen and oxygen atoms in total. The molecule has 1 amide bonds. The summed E-state index contributed by atoms with van der Waals surface area (Å²) in [6.45, 7) is 7.06. The SMILES string of the molecule is CC(C)(C)OC(=O)N1CC(c2nccnc2C2CCCCC2)C1. The lowest BCUT2D eigenvalue weighted by Gasteiger charge is -2.40. The van der Waals surface area contributed by atoms with E-state index >= 15 is 0 Å². The van der Waals surface area contributed by atoms with Crippen molar-refractivity contribution in [1.29, 1.82) is 0 Å². The van der Waals surface area contributed by atoms with E-state index in [4.69, 9.17) is 4.74 Å². The number of rotatable bonds is 2. The minimum absolute atomic E-state index is 0.225. The maximum atomic E-state index is 12.1. The van der Waals surface area contributed by atoms with Crippen molar-refractivity contribution in [2.75, 3.05) is 13.1 Å². The molecule has 1 aromatic rings. The molecule has 2 heterocycles. The van der Waals surface area contributed by atoms with Crippen molar-refractivity contribution < 1.29 is 9.53 Å². The van der Waals surface area contributed by atoms with Gasteiger partial charge in [0.1, 0.15) is 5.60 Å². The largest absolute Gasteiger partial charge is 0.444 e. The van der Waals surface area contributed by atoms with Crippen molar-refractivity contribution in [3.63, 3.8) is 0 Å². The minimum Gasteiger partial charge on any atom is -0.444 e. The van der Waals surface area contributed by atoms with Gasteiger partial charge >= 0.3 is 6.09 Å². The van der Waals surface area contributed by atoms with Crippen LogP contribution in [0.25, 0.3) is 0 Å². The lowest BCUT2D eigenvalue weighted by atomic mass is 9.83. The van der Waals surface area contributed by atoms with E-state index in [0.29, 0.717) is 24.9 Å². The number of nitrogens with zero attached hydrogens (tertiary/aromatic N) is 3. The zero-order valence-electron chi connectivity index (χ0n) is 14.4. The van der Waals surface area contributed by atoms with Crippen molar-refractivity contribution in [1.82, 2.24) is 14.9 Å². The first kappa shape index (κ1) is 16.2. The Kier molecular flexibility index (Phi) is 4.55. The lowest BCUT2D eigenvalue weighted by Crippen LogP contribution is -2.50. The number of hydrogen-bond acceptors (Lipinski definition) is 4. The van der Waals surface area contributed by atoms with Gasteiger partial charge < -0.3 is 9.64 Å². The fourth-order valence-electron chi connectivity index (χ4n) is 3.49. The molecule has 0 bridgehead atoms. The number of carbonyl (C=O) groups excluding carboxylic acids is 1. The van der Waals surface area contributed by atoms with Crippen LogP contribution >= 0.6 is 0 Å². The number of carbonyl (C=O) groups is 1. The van der Waals surface area contributed by atoms with E-state index in [1.54, 1.807) is 17.3 Å². The zero-order valence-corrected chi connectivity index (χ0v) is 14.4. The van der Waals surface area contributed by atoms with E-state index in [1.165, 1.54) is 37.8 Å². The number of amides is 1. The molecule has 1 saturated carbocycles. The summed E-state index contributed by atoms with van der Waals surface area (Å²) >= 11 is 0. The second kappa shape index (κ2) is 6.46. The molecule has 1 aromatic heterocycles. The van der Waals surface area contributed by atoms with Gasteiger partial charge in [0.2, 0.25) is 0 Å². The summed E-state index contributed by atoms with van der Waals surface area (Å²) in [7, 11) is 0. The summed E-state index contributed by atoms with van der Waals surface area (Å²) in [6.07, 6.45) is 9.70. The van der Waals surface area contributed by atoms with Crippen molar-refractivity contribution in [2.24, 2.45) is 0 Å². The lowest BCUT2D eigenvalue weighted by molar-refractivity contribution is 0.00771. The van der Waals surface area contributed by atoms with Gasteiger partial charge in [0.25, 0.3) is 0 Å². The Balaban J connectivity index is 1.64. The molecule has 1 aliphatic carbocycles. The quantitative estimate of drug-likeness (QED) is 0.831. The second-order valence-electron chi connectivity index (χ2n) is 7.74. The fourth-order valence-corrected chi connectivity index (χ4v) is 3.49. The van der Waals surface area contributed by atoms with Crippen LogP contribution in [0.5, 0.6) is 0 Å². The minimum atomic E-state index is -0.442. The molecule has 0 spiro atoms. The monoisotopic (exact) mass is 317 g/mol. The first-order valence-corrected chi connectivity index (χ1v) is 8.73. The van der Waals surface area contributed by atoms with E-state index in [-0.39, 0.29) is 6.09 Å². The molecule has 126 valence electrons. The van der Waals surface area contributed by atoms with Crippen LogP contribution in [0, 0.1) is 0 Å². The molecule has 5 heteroatoms. The predicted molar refractivity (Wildman–Crippen MR) is 88.4 cm³/mol. The third-order valence-corrected chi connectivity index (χ3v) is 4.67. The Morgan fingerprint density at radius 2 is 1.61 bits per heavy atom. The molecule has 23 heavy (non-hydrogen) atoms. The Morgan fingerprint density at radius 3 is 2.17 bits per heavy atom. The molecular weight excluding hydrogens is 290 g/mol. The highest BCUT2D eigenvalue weighted by molar-refractivity contribution is 5.69. The zero-order chi connectivity index (χ0) is 16.4. The Bertz CT molecular complexity index is 556. The topological polar surface area (TPSA) is 55.3 Å². The van der Waals surface area contributed by atoms with Gasteiger partial charge in [0, 0.05) is 37.3 Å². The maximum Gasteiger partial charge on any atom is 0.410 e. The summed E-state index contributed by atoms with van der Waals surface area (Å²) in [4.78, 5) is 23.1. The summed E-state index contributed by atoms with van der Waals surface area (Å²) < 4.78 is 5.42. The predicted octanol–water partition coefficient (Wildman–Crippen LogP) is 3.86. The fraction of sp³-hybridized carbons (Fsp3) is 0.722. The Hall–Kier alpha value is -1.65. The second-order valence-corrected chi connectivity index (χ2v) is 7.74. The molecule has 3 rings (SSSR count). The van der Waals surface area contributed by atoms with Crippen LogP contribution in [0.1, 0.15) is 76.1 Å². The molecule has 2 fully saturated rings. The van der Waals surface area contributed by atoms with Crippen LogP contribution in [-0.4, -0.2) is 39.7 Å². The van der Waals surface area contributed by atoms with Crippen LogP contribution in [0.4, 0.5) is 4.79 Å². The van der Waals surface area contributed by atoms with Crippen molar-refractivity contribution in [3.05, 3.63) is 23.8 Å². The Morgan fingerprint density at radius 1 is 1.04 bits per heavy atom. The van der Waals surface area contributed by atoms with Gasteiger partial charge in [-0.2, -0.15) is 0 Å². The van der Waals surface area contributed by atoms with E-state index < -0.39 is 5.60 Å². The highest BCUT2D eigenvalue weighted by Gasteiger charge is 2.37. The molecule has 0 aromatic carbocycles. The van der Waals surface area contributed by atoms with Gasteiger partial charge in [0.05, 0.1) is 11.4 Å². The standard InChI is InChI=1S/C18H27N3O2/c1-18(2,3)23-17(22)21-11-14(12-21)16-15(19-9-10-20-16)13-7-5-4-6-8-13/h9-10,13-14H,4-8,11-12H2,1-3H3. The maximum absolute atomic E-state index is 12.1. The summed E-state index contributed by atoms with van der Waals surface area (Å²) in [5.74, 6) is 0.844. The van der Waals surface area contributed by atoms with Gasteiger partial charge in [-0.05, 0) is 33.6 Å². The smallest absolute Gasteiger partial charge is 0.410 e. The Labute approximate surface area is 138 Å². The van der Waals surface area contributed by atoms with Crippen LogP contribution in [0.3, 0.4) is 0 Å². The van der Waals surface area contributed by atoms with Crippen LogP contribution in [0.15, 0.2) is 12.4 Å². The highest BCUT2D eigenvalue weighted by Crippen LogP contribution is 2.37. The summed E-state index contributed by atoms with van der Waals surface area (Å²) in [6, 6.07) is 0. The number of hydrogen-bond donors (Lipinski definition) is 0. The first-order valence-electron chi connectivity index (χ1n) is 8.73. The summed E-state index contributed by atoms with van der Waals surface area (Å²) in [5, 5.41) is 0. The van der Waals surface area contributed by atoms with E-state index in [9.17, 15) is 4.79 Å². The third-order valence-electron chi connectivity index (χ3n) is 4.67. The molecule has 1 saturated heterocycles. The van der Waals surface area contributed by atoms with Crippen LogP contribution < -0.4 is 0 Å².